The van der Waals surface area contributed by atoms with Crippen LogP contribution in [0.3, 0.4) is 0 Å². The molecule has 1 aliphatic rings. The number of rotatable bonds is 5. The van der Waals surface area contributed by atoms with E-state index in [4.69, 9.17) is 4.74 Å². The maximum atomic E-state index is 12.5. The monoisotopic (exact) mass is 389 g/mol. The van der Waals surface area contributed by atoms with Gasteiger partial charge >= 0.3 is 0 Å². The molecule has 2 aromatic heterocycles. The van der Waals surface area contributed by atoms with Gasteiger partial charge in [-0.2, -0.15) is 0 Å². The topological polar surface area (TPSA) is 80.2 Å². The first-order valence-electron chi connectivity index (χ1n) is 9.74. The van der Waals surface area contributed by atoms with Gasteiger partial charge in [0.05, 0.1) is 12.8 Å². The fourth-order valence-corrected chi connectivity index (χ4v) is 3.42. The number of amides is 1. The molecule has 1 fully saturated rings. The van der Waals surface area contributed by atoms with Gasteiger partial charge in [0.1, 0.15) is 5.56 Å². The molecule has 0 saturated carbocycles. The minimum Gasteiger partial charge on any atom is -0.480 e. The van der Waals surface area contributed by atoms with Crippen molar-refractivity contribution in [2.45, 2.75) is 19.3 Å². The molecule has 0 bridgehead atoms. The number of nitrogens with zero attached hydrogens (tertiary/aromatic N) is 4. The van der Waals surface area contributed by atoms with Crippen molar-refractivity contribution in [3.63, 3.8) is 0 Å². The highest BCUT2D eigenvalue weighted by Gasteiger charge is 2.14. The number of aromatic nitrogens is 3. The average molecular weight is 389 g/mol. The Labute approximate surface area is 169 Å². The molecule has 3 aromatic rings. The molecule has 0 radical (unpaired) electrons. The summed E-state index contributed by atoms with van der Waals surface area (Å²) in [7, 11) is 1.49. The highest BCUT2D eigenvalue weighted by atomic mass is 16.5. The van der Waals surface area contributed by atoms with Crippen molar-refractivity contribution in [2.75, 3.05) is 30.4 Å². The fourth-order valence-electron chi connectivity index (χ4n) is 3.42. The number of piperidine rings is 1. The largest absolute Gasteiger partial charge is 0.480 e. The lowest BCUT2D eigenvalue weighted by Gasteiger charge is -2.27. The lowest BCUT2D eigenvalue weighted by molar-refractivity contribution is 0.102. The molecule has 7 nitrogen and oxygen atoms in total. The molecule has 3 heterocycles. The molecule has 0 unspecified atom stereocenters. The Morgan fingerprint density at radius 2 is 1.79 bits per heavy atom. The lowest BCUT2D eigenvalue weighted by Crippen LogP contribution is -2.30. The van der Waals surface area contributed by atoms with E-state index in [0.29, 0.717) is 17.1 Å². The van der Waals surface area contributed by atoms with E-state index in [2.05, 4.69) is 25.4 Å². The minimum absolute atomic E-state index is 0.270. The van der Waals surface area contributed by atoms with Crippen LogP contribution < -0.4 is 15.0 Å². The number of hydrogen-bond donors (Lipinski definition) is 1. The van der Waals surface area contributed by atoms with E-state index < -0.39 is 0 Å². The molecule has 0 spiro atoms. The van der Waals surface area contributed by atoms with Gasteiger partial charge in [-0.3, -0.25) is 4.79 Å². The zero-order valence-corrected chi connectivity index (χ0v) is 16.3. The molecule has 1 amide bonds. The van der Waals surface area contributed by atoms with Crippen LogP contribution in [0.2, 0.25) is 0 Å². The van der Waals surface area contributed by atoms with Crippen LogP contribution in [0, 0.1) is 0 Å². The van der Waals surface area contributed by atoms with Crippen molar-refractivity contribution in [2.24, 2.45) is 0 Å². The molecule has 1 aromatic carbocycles. The predicted molar refractivity (Wildman–Crippen MR) is 112 cm³/mol. The second-order valence-corrected chi connectivity index (χ2v) is 6.92. The van der Waals surface area contributed by atoms with Crippen LogP contribution in [0.15, 0.2) is 54.7 Å². The van der Waals surface area contributed by atoms with Gasteiger partial charge in [0.15, 0.2) is 5.82 Å². The smallest absolute Gasteiger partial charge is 0.261 e. The van der Waals surface area contributed by atoms with Crippen LogP contribution >= 0.6 is 0 Å². The van der Waals surface area contributed by atoms with E-state index in [9.17, 15) is 4.79 Å². The van der Waals surface area contributed by atoms with Crippen LogP contribution in [0.4, 0.5) is 11.5 Å². The van der Waals surface area contributed by atoms with E-state index in [1.54, 1.807) is 18.3 Å². The molecule has 29 heavy (non-hydrogen) atoms. The maximum Gasteiger partial charge on any atom is 0.261 e. The fraction of sp³-hybridized carbons (Fsp3) is 0.273. The number of nitrogens with one attached hydrogen (secondary N) is 1. The summed E-state index contributed by atoms with van der Waals surface area (Å²) in [6.07, 6.45) is 5.30. The Kier molecular flexibility index (Phi) is 5.65. The summed E-state index contributed by atoms with van der Waals surface area (Å²) in [5.74, 6) is 0.960. The van der Waals surface area contributed by atoms with Crippen LogP contribution in [0.1, 0.15) is 29.6 Å². The first kappa shape index (κ1) is 18.9. The maximum absolute atomic E-state index is 12.5. The SMILES string of the molecule is COc1ncccc1C(=O)Nc1ccc(-c2ccc(N3CCCCC3)nn2)cc1. The van der Waals surface area contributed by atoms with Crippen LogP contribution in [-0.4, -0.2) is 41.3 Å². The van der Waals surface area contributed by atoms with Gasteiger partial charge in [0, 0.05) is 30.5 Å². The molecule has 1 saturated heterocycles. The molecular formula is C22H23N5O2. The highest BCUT2D eigenvalue weighted by Crippen LogP contribution is 2.23. The van der Waals surface area contributed by atoms with E-state index in [-0.39, 0.29) is 5.91 Å². The number of ether oxygens (including phenoxy) is 1. The normalized spacial score (nSPS) is 13.8. The summed E-state index contributed by atoms with van der Waals surface area (Å²) in [5.41, 5.74) is 2.82. The first-order chi connectivity index (χ1) is 14.2. The summed E-state index contributed by atoms with van der Waals surface area (Å²) in [6, 6.07) is 14.9. The molecule has 0 aliphatic carbocycles. The van der Waals surface area contributed by atoms with Gasteiger partial charge < -0.3 is 15.0 Å². The number of pyridine rings is 1. The molecule has 1 aliphatic heterocycles. The third-order valence-corrected chi connectivity index (χ3v) is 4.98. The number of anilines is 2. The third-order valence-electron chi connectivity index (χ3n) is 4.98. The van der Waals surface area contributed by atoms with Crippen molar-refractivity contribution in [1.29, 1.82) is 0 Å². The van der Waals surface area contributed by atoms with E-state index >= 15 is 0 Å². The first-order valence-corrected chi connectivity index (χ1v) is 9.74. The molecule has 0 atom stereocenters. The Morgan fingerprint density at radius 3 is 2.48 bits per heavy atom. The van der Waals surface area contributed by atoms with Crippen molar-refractivity contribution in [3.05, 3.63) is 60.3 Å². The van der Waals surface area contributed by atoms with Gasteiger partial charge in [-0.1, -0.05) is 12.1 Å². The van der Waals surface area contributed by atoms with Crippen molar-refractivity contribution < 1.29 is 9.53 Å². The third kappa shape index (κ3) is 4.34. The second-order valence-electron chi connectivity index (χ2n) is 6.92. The molecule has 1 N–H and O–H groups in total. The summed E-state index contributed by atoms with van der Waals surface area (Å²) in [4.78, 5) is 18.8. The van der Waals surface area contributed by atoms with Crippen molar-refractivity contribution >= 4 is 17.4 Å². The zero-order valence-electron chi connectivity index (χ0n) is 16.3. The highest BCUT2D eigenvalue weighted by molar-refractivity contribution is 6.05. The Morgan fingerprint density at radius 1 is 1.00 bits per heavy atom. The van der Waals surface area contributed by atoms with E-state index in [0.717, 1.165) is 30.2 Å². The van der Waals surface area contributed by atoms with Crippen molar-refractivity contribution in [3.8, 4) is 17.1 Å². The van der Waals surface area contributed by atoms with E-state index in [1.807, 2.05) is 36.4 Å². The van der Waals surface area contributed by atoms with Crippen LogP contribution in [-0.2, 0) is 0 Å². The molecule has 7 heteroatoms. The predicted octanol–water partition coefficient (Wildman–Crippen LogP) is 3.79. The Bertz CT molecular complexity index is 967. The summed E-state index contributed by atoms with van der Waals surface area (Å²) >= 11 is 0. The second kappa shape index (κ2) is 8.68. The lowest BCUT2D eigenvalue weighted by atomic mass is 10.1. The quantitative estimate of drug-likeness (QED) is 0.715. The van der Waals surface area contributed by atoms with Gasteiger partial charge in [-0.15, -0.1) is 10.2 Å². The Hall–Kier alpha value is -3.48. The number of carbonyl (C=O) groups excluding carboxylic acids is 1. The summed E-state index contributed by atoms with van der Waals surface area (Å²) in [6.45, 7) is 2.09. The minimum atomic E-state index is -0.270. The number of benzene rings is 1. The number of carbonyl (C=O) groups is 1. The van der Waals surface area contributed by atoms with Crippen LogP contribution in [0.5, 0.6) is 5.88 Å². The van der Waals surface area contributed by atoms with Gasteiger partial charge in [-0.05, 0) is 55.7 Å². The summed E-state index contributed by atoms with van der Waals surface area (Å²) in [5, 5.41) is 11.6. The molecule has 148 valence electrons. The van der Waals surface area contributed by atoms with Crippen LogP contribution in [0.25, 0.3) is 11.3 Å². The number of methoxy groups -OCH3 is 1. The van der Waals surface area contributed by atoms with Gasteiger partial charge in [0.25, 0.3) is 5.91 Å². The standard InChI is InChI=1S/C22H23N5O2/c1-29-22-18(6-5-13-23-22)21(28)24-17-9-7-16(8-10-17)19-11-12-20(26-25-19)27-14-3-2-4-15-27/h5-13H,2-4,14-15H2,1H3,(H,24,28). The molecular weight excluding hydrogens is 366 g/mol. The number of hydrogen-bond acceptors (Lipinski definition) is 6. The van der Waals surface area contributed by atoms with Crippen molar-refractivity contribution in [1.82, 2.24) is 15.2 Å². The Balaban J connectivity index is 1.44. The summed E-state index contributed by atoms with van der Waals surface area (Å²) < 4.78 is 5.14. The average Bonchev–Trinajstić information content (AvgIpc) is 2.80. The zero-order chi connectivity index (χ0) is 20.1. The molecule has 4 rings (SSSR count). The van der Waals surface area contributed by atoms with E-state index in [1.165, 1.54) is 26.4 Å². The van der Waals surface area contributed by atoms with Gasteiger partial charge in [0.2, 0.25) is 5.88 Å². The van der Waals surface area contributed by atoms with Gasteiger partial charge in [-0.25, -0.2) is 4.98 Å².